The Labute approximate surface area is 184 Å². The lowest BCUT2D eigenvalue weighted by Gasteiger charge is -2.29. The van der Waals surface area contributed by atoms with Crippen molar-refractivity contribution in [2.45, 2.75) is 20.0 Å². The van der Waals surface area contributed by atoms with Crippen LogP contribution in [0.25, 0.3) is 0 Å². The highest BCUT2D eigenvalue weighted by molar-refractivity contribution is 7.51. The Kier molecular flexibility index (Phi) is 9.96. The highest BCUT2D eigenvalue weighted by Gasteiger charge is 2.20. The van der Waals surface area contributed by atoms with E-state index < -0.39 is 7.60 Å². The molecule has 9 heteroatoms. The summed E-state index contributed by atoms with van der Waals surface area (Å²) in [6.45, 7) is 6.10. The first kappa shape index (κ1) is 25.3. The number of hydrogen-bond donors (Lipinski definition) is 4. The summed E-state index contributed by atoms with van der Waals surface area (Å²) >= 11 is 0. The smallest absolute Gasteiger partial charge is 0.339 e. The van der Waals surface area contributed by atoms with Crippen LogP contribution in [0.15, 0.2) is 48.5 Å². The van der Waals surface area contributed by atoms with Gasteiger partial charge in [-0.3, -0.25) is 14.4 Å². The van der Waals surface area contributed by atoms with Crippen molar-refractivity contribution in [1.82, 2.24) is 14.7 Å². The molecule has 2 rings (SSSR count). The molecular weight excluding hydrogens is 417 g/mol. The molecule has 0 bridgehead atoms. The Morgan fingerprint density at radius 2 is 1.26 bits per heavy atom. The minimum Gasteiger partial charge on any atom is -0.508 e. The summed E-state index contributed by atoms with van der Waals surface area (Å²) in [5, 5.41) is 19.9. The molecule has 2 aromatic rings. The summed E-state index contributed by atoms with van der Waals surface area (Å²) in [4.78, 5) is 24.9. The Hall–Kier alpha value is -1.93. The molecule has 0 saturated carbocycles. The van der Waals surface area contributed by atoms with Crippen LogP contribution in [-0.4, -0.2) is 80.8 Å². The van der Waals surface area contributed by atoms with E-state index in [4.69, 9.17) is 0 Å². The van der Waals surface area contributed by atoms with Crippen molar-refractivity contribution < 1.29 is 24.6 Å². The summed E-state index contributed by atoms with van der Waals surface area (Å²) in [5.74, 6) is 0.489. The highest BCUT2D eigenvalue weighted by Crippen LogP contribution is 2.35. The fourth-order valence-electron chi connectivity index (χ4n) is 3.36. The zero-order chi connectivity index (χ0) is 22.9. The first-order valence-electron chi connectivity index (χ1n) is 10.4. The summed E-state index contributed by atoms with van der Waals surface area (Å²) in [7, 11) is -2.27. The van der Waals surface area contributed by atoms with Gasteiger partial charge in [0.15, 0.2) is 0 Å². The molecule has 31 heavy (non-hydrogen) atoms. The summed E-state index contributed by atoms with van der Waals surface area (Å²) < 4.78 is 11.6. The van der Waals surface area contributed by atoms with Gasteiger partial charge >= 0.3 is 7.60 Å². The van der Waals surface area contributed by atoms with Crippen molar-refractivity contribution >= 4 is 7.60 Å². The number of para-hydroxylation sites is 2. The van der Waals surface area contributed by atoms with Gasteiger partial charge in [-0.15, -0.1) is 0 Å². The average molecular weight is 452 g/mol. The molecule has 4 N–H and O–H groups in total. The van der Waals surface area contributed by atoms with Crippen LogP contribution >= 0.6 is 7.60 Å². The van der Waals surface area contributed by atoms with E-state index in [0.717, 1.165) is 17.7 Å². The third-order valence-corrected chi connectivity index (χ3v) is 5.95. The average Bonchev–Trinajstić information content (AvgIpc) is 2.71. The molecule has 172 valence electrons. The topological polar surface area (TPSA) is 108 Å². The van der Waals surface area contributed by atoms with E-state index in [9.17, 15) is 24.6 Å². The first-order valence-corrected chi connectivity index (χ1v) is 12.2. The highest BCUT2D eigenvalue weighted by atomic mass is 31.2. The molecule has 0 aromatic heterocycles. The van der Waals surface area contributed by atoms with Gasteiger partial charge in [-0.1, -0.05) is 43.3 Å². The van der Waals surface area contributed by atoms with E-state index in [1.54, 1.807) is 29.2 Å². The second-order valence-corrected chi connectivity index (χ2v) is 9.40. The molecule has 0 atom stereocenters. The largest absolute Gasteiger partial charge is 0.508 e. The van der Waals surface area contributed by atoms with Gasteiger partial charge in [-0.2, -0.15) is 0 Å². The lowest BCUT2D eigenvalue weighted by molar-refractivity contribution is 0.190. The molecule has 0 fully saturated rings. The normalized spacial score (nSPS) is 12.2. The van der Waals surface area contributed by atoms with Gasteiger partial charge in [-0.05, 0) is 25.7 Å². The van der Waals surface area contributed by atoms with E-state index in [-0.39, 0.29) is 17.8 Å². The maximum atomic E-state index is 11.6. The number of likely N-dealkylation sites (N-methyl/N-ethyl adjacent to an activating group) is 2. The van der Waals surface area contributed by atoms with Crippen LogP contribution in [0.3, 0.4) is 0 Å². The van der Waals surface area contributed by atoms with E-state index in [1.807, 2.05) is 43.1 Å². The number of hydrogen-bond acceptors (Lipinski definition) is 6. The minimum atomic E-state index is -4.19. The Morgan fingerprint density at radius 1 is 0.774 bits per heavy atom. The molecule has 0 unspecified atom stereocenters. The Balaban J connectivity index is 1.92. The predicted molar refractivity (Wildman–Crippen MR) is 122 cm³/mol. The van der Waals surface area contributed by atoms with Crippen molar-refractivity contribution in [3.05, 3.63) is 59.7 Å². The van der Waals surface area contributed by atoms with Crippen molar-refractivity contribution in [3.63, 3.8) is 0 Å². The molecule has 0 radical (unpaired) electrons. The fraction of sp³-hybridized carbons (Fsp3) is 0.455. The third kappa shape index (κ3) is 9.39. The molecule has 0 amide bonds. The van der Waals surface area contributed by atoms with E-state index in [0.29, 0.717) is 39.3 Å². The van der Waals surface area contributed by atoms with Crippen molar-refractivity contribution in [1.29, 1.82) is 0 Å². The number of aromatic hydroxyl groups is 2. The van der Waals surface area contributed by atoms with Crippen LogP contribution < -0.4 is 0 Å². The third-order valence-electron chi connectivity index (χ3n) is 5.18. The quantitative estimate of drug-likeness (QED) is 0.344. The fourth-order valence-corrected chi connectivity index (χ4v) is 4.16. The predicted octanol–water partition coefficient (Wildman–Crippen LogP) is 2.49. The minimum absolute atomic E-state index is 0.240. The summed E-state index contributed by atoms with van der Waals surface area (Å²) in [6.07, 6.45) is -0.300. The lowest BCUT2D eigenvalue weighted by atomic mass is 10.2. The molecule has 8 nitrogen and oxygen atoms in total. The number of phenols is 2. The second-order valence-electron chi connectivity index (χ2n) is 7.79. The molecule has 0 spiro atoms. The molecule has 0 aliphatic carbocycles. The van der Waals surface area contributed by atoms with Crippen LogP contribution in [0.4, 0.5) is 0 Å². The Bertz CT molecular complexity index is 861. The zero-order valence-corrected chi connectivity index (χ0v) is 19.2. The number of nitrogens with zero attached hydrogens (tertiary/aromatic N) is 3. The van der Waals surface area contributed by atoms with Crippen LogP contribution in [0.1, 0.15) is 18.1 Å². The SMILES string of the molecule is CCN(CCN(CCN(C)Cc1ccccc1O)CP(=O)(O)O)Cc1ccccc1O. The number of rotatable bonds is 13. The van der Waals surface area contributed by atoms with Crippen LogP contribution in [0.2, 0.25) is 0 Å². The van der Waals surface area contributed by atoms with Crippen molar-refractivity contribution in [2.24, 2.45) is 0 Å². The molecule has 0 saturated heterocycles. The van der Waals surface area contributed by atoms with Crippen molar-refractivity contribution in [2.75, 3.05) is 46.1 Å². The van der Waals surface area contributed by atoms with E-state index in [2.05, 4.69) is 4.90 Å². The Morgan fingerprint density at radius 3 is 1.77 bits per heavy atom. The van der Waals surface area contributed by atoms with E-state index in [1.165, 1.54) is 0 Å². The molecular formula is C22H34N3O5P. The van der Waals surface area contributed by atoms with Crippen molar-refractivity contribution in [3.8, 4) is 11.5 Å². The van der Waals surface area contributed by atoms with Gasteiger partial charge in [-0.25, -0.2) is 0 Å². The molecule has 0 aliphatic heterocycles. The first-order chi connectivity index (χ1) is 14.7. The summed E-state index contributed by atoms with van der Waals surface area (Å²) in [5.41, 5.74) is 1.64. The van der Waals surface area contributed by atoms with Gasteiger partial charge in [0, 0.05) is 50.4 Å². The van der Waals surface area contributed by atoms with Gasteiger partial charge < -0.3 is 24.9 Å². The van der Waals surface area contributed by atoms with Gasteiger partial charge in [0.05, 0.1) is 0 Å². The maximum absolute atomic E-state index is 11.6. The maximum Gasteiger partial charge on any atom is 0.339 e. The molecule has 0 aliphatic rings. The molecule has 0 heterocycles. The monoisotopic (exact) mass is 451 g/mol. The number of phenolic OH excluding ortho intramolecular Hbond substituents is 2. The lowest BCUT2D eigenvalue weighted by Crippen LogP contribution is -2.39. The standard InChI is InChI=1S/C22H34N3O5P/c1-3-24(17-20-9-5-7-11-22(20)27)14-15-25(18-31(28,29)30)13-12-23(2)16-19-8-4-6-10-21(19)26/h4-11,26-27H,3,12-18H2,1-2H3,(H2,28,29,30). The second kappa shape index (κ2) is 12.2. The van der Waals surface area contributed by atoms with Gasteiger partial charge in [0.2, 0.25) is 0 Å². The molecule has 2 aromatic carbocycles. The van der Waals surface area contributed by atoms with Gasteiger partial charge in [0.25, 0.3) is 0 Å². The van der Waals surface area contributed by atoms with Crippen LogP contribution in [0, 0.1) is 0 Å². The van der Waals surface area contributed by atoms with E-state index >= 15 is 0 Å². The zero-order valence-electron chi connectivity index (χ0n) is 18.3. The van der Waals surface area contributed by atoms with Crippen LogP contribution in [0.5, 0.6) is 11.5 Å². The van der Waals surface area contributed by atoms with Gasteiger partial charge in [0.1, 0.15) is 17.8 Å². The van der Waals surface area contributed by atoms with Crippen LogP contribution in [-0.2, 0) is 17.7 Å². The number of benzene rings is 2. The summed E-state index contributed by atoms with van der Waals surface area (Å²) in [6, 6.07) is 14.3.